The first-order valence-electron chi connectivity index (χ1n) is 8.93. The maximum atomic E-state index is 13.9. The number of nitrogens with one attached hydrogen (secondary N) is 1. The summed E-state index contributed by atoms with van der Waals surface area (Å²) in [6, 6.07) is 10.4. The van der Waals surface area contributed by atoms with Gasteiger partial charge < -0.3 is 10.2 Å². The number of halogens is 2. The first kappa shape index (κ1) is 20.3. The molecule has 0 spiro atoms. The summed E-state index contributed by atoms with van der Waals surface area (Å²) in [5, 5.41) is 2.34. The number of anilines is 1. The zero-order valence-corrected chi connectivity index (χ0v) is 16.7. The number of benzene rings is 2. The molecule has 0 saturated carbocycles. The van der Waals surface area contributed by atoms with Crippen molar-refractivity contribution in [2.24, 2.45) is 5.41 Å². The van der Waals surface area contributed by atoms with Crippen LogP contribution in [0.15, 0.2) is 48.5 Å². The number of para-hydroxylation sites is 1. The Balaban J connectivity index is 1.90. The number of nitrogens with zero attached hydrogens (tertiary/aromatic N) is 1. The van der Waals surface area contributed by atoms with Gasteiger partial charge in [-0.25, -0.2) is 8.78 Å². The summed E-state index contributed by atoms with van der Waals surface area (Å²) in [6.45, 7) is 5.98. The maximum absolute atomic E-state index is 13.9. The monoisotopic (exact) mass is 404 g/mol. The Labute approximate surface area is 167 Å². The summed E-state index contributed by atoms with van der Waals surface area (Å²) in [7, 11) is 0. The van der Waals surface area contributed by atoms with Crippen molar-refractivity contribution in [1.29, 1.82) is 0 Å². The number of rotatable bonds is 3. The molecule has 1 saturated heterocycles. The second-order valence-electron chi connectivity index (χ2n) is 7.76. The van der Waals surface area contributed by atoms with E-state index in [4.69, 9.17) is 0 Å². The molecule has 0 aromatic heterocycles. The second-order valence-corrected chi connectivity index (χ2v) is 8.87. The summed E-state index contributed by atoms with van der Waals surface area (Å²) in [6.07, 6.45) is 0. The van der Waals surface area contributed by atoms with Crippen LogP contribution < -0.4 is 5.32 Å². The topological polar surface area (TPSA) is 49.4 Å². The number of amides is 2. The minimum Gasteiger partial charge on any atom is -0.322 e. The van der Waals surface area contributed by atoms with Crippen molar-refractivity contribution in [2.75, 3.05) is 11.1 Å². The molecule has 3 rings (SSSR count). The van der Waals surface area contributed by atoms with Crippen molar-refractivity contribution in [3.63, 3.8) is 0 Å². The Morgan fingerprint density at radius 1 is 1.07 bits per heavy atom. The van der Waals surface area contributed by atoms with Crippen LogP contribution in [0.4, 0.5) is 14.5 Å². The van der Waals surface area contributed by atoms with Crippen LogP contribution in [0.3, 0.4) is 0 Å². The quantitative estimate of drug-likeness (QED) is 0.818. The molecule has 2 unspecified atom stereocenters. The Bertz CT molecular complexity index is 881. The van der Waals surface area contributed by atoms with Gasteiger partial charge in [-0.1, -0.05) is 32.9 Å². The molecule has 7 heteroatoms. The first-order valence-corrected chi connectivity index (χ1v) is 9.98. The van der Waals surface area contributed by atoms with E-state index < -0.39 is 23.6 Å². The van der Waals surface area contributed by atoms with Crippen LogP contribution >= 0.6 is 11.8 Å². The number of hydrogen-bond donors (Lipinski definition) is 1. The molecule has 1 aliphatic heterocycles. The van der Waals surface area contributed by atoms with Gasteiger partial charge in [-0.3, -0.25) is 9.59 Å². The van der Waals surface area contributed by atoms with E-state index in [-0.39, 0.29) is 22.4 Å². The first-order chi connectivity index (χ1) is 13.2. The number of thioether (sulfide) groups is 1. The zero-order chi connectivity index (χ0) is 20.5. The van der Waals surface area contributed by atoms with Gasteiger partial charge in [-0.2, -0.15) is 0 Å². The molecular weight excluding hydrogens is 382 g/mol. The van der Waals surface area contributed by atoms with Crippen molar-refractivity contribution in [2.45, 2.75) is 32.2 Å². The van der Waals surface area contributed by atoms with E-state index >= 15 is 0 Å². The molecule has 1 heterocycles. The number of carbonyl (C=O) groups excluding carboxylic acids is 2. The highest BCUT2D eigenvalue weighted by Crippen LogP contribution is 2.41. The van der Waals surface area contributed by atoms with E-state index in [1.807, 2.05) is 20.8 Å². The van der Waals surface area contributed by atoms with E-state index in [9.17, 15) is 18.4 Å². The molecule has 28 heavy (non-hydrogen) atoms. The summed E-state index contributed by atoms with van der Waals surface area (Å²) in [5.74, 6) is -1.37. The average Bonchev–Trinajstić information content (AvgIpc) is 3.09. The lowest BCUT2D eigenvalue weighted by Crippen LogP contribution is -2.51. The maximum Gasteiger partial charge on any atom is 0.255 e. The van der Waals surface area contributed by atoms with Crippen molar-refractivity contribution < 1.29 is 18.4 Å². The Kier molecular flexibility index (Phi) is 5.74. The van der Waals surface area contributed by atoms with Gasteiger partial charge in [0.25, 0.3) is 5.91 Å². The lowest BCUT2D eigenvalue weighted by atomic mass is 9.94. The molecule has 2 amide bonds. The molecule has 0 radical (unpaired) electrons. The molecule has 148 valence electrons. The normalized spacial score (nSPS) is 19.5. The molecular formula is C21H22F2N2O2S. The van der Waals surface area contributed by atoms with Crippen molar-refractivity contribution >= 4 is 29.3 Å². The third kappa shape index (κ3) is 4.19. The summed E-state index contributed by atoms with van der Waals surface area (Å²) < 4.78 is 27.2. The van der Waals surface area contributed by atoms with Gasteiger partial charge in [0.05, 0.1) is 11.1 Å². The molecule has 1 fully saturated rings. The predicted molar refractivity (Wildman–Crippen MR) is 107 cm³/mol. The van der Waals surface area contributed by atoms with Crippen LogP contribution in [0.2, 0.25) is 0 Å². The molecule has 2 aromatic carbocycles. The Morgan fingerprint density at radius 2 is 1.71 bits per heavy atom. The molecule has 2 aromatic rings. The van der Waals surface area contributed by atoms with Crippen LogP contribution in [-0.4, -0.2) is 33.9 Å². The van der Waals surface area contributed by atoms with E-state index in [1.165, 1.54) is 59.1 Å². The summed E-state index contributed by atoms with van der Waals surface area (Å²) in [5.41, 5.74) is 0.0978. The molecule has 0 bridgehead atoms. The van der Waals surface area contributed by atoms with E-state index in [0.29, 0.717) is 11.3 Å². The van der Waals surface area contributed by atoms with Gasteiger partial charge in [-0.15, -0.1) is 11.8 Å². The summed E-state index contributed by atoms with van der Waals surface area (Å²) in [4.78, 5) is 27.6. The van der Waals surface area contributed by atoms with Gasteiger partial charge in [0.1, 0.15) is 17.7 Å². The van der Waals surface area contributed by atoms with Gasteiger partial charge in [-0.05, 0) is 41.8 Å². The zero-order valence-electron chi connectivity index (χ0n) is 15.9. The van der Waals surface area contributed by atoms with Crippen LogP contribution in [0.1, 0.15) is 31.1 Å². The highest BCUT2D eigenvalue weighted by Gasteiger charge is 2.46. The van der Waals surface area contributed by atoms with E-state index in [0.717, 1.165) is 0 Å². The van der Waals surface area contributed by atoms with Crippen molar-refractivity contribution in [3.8, 4) is 0 Å². The van der Waals surface area contributed by atoms with Crippen LogP contribution in [0, 0.1) is 17.0 Å². The largest absolute Gasteiger partial charge is 0.322 e. The van der Waals surface area contributed by atoms with Gasteiger partial charge in [0.15, 0.2) is 0 Å². The fraction of sp³-hybridized carbons (Fsp3) is 0.333. The van der Waals surface area contributed by atoms with Crippen LogP contribution in [0.5, 0.6) is 0 Å². The highest BCUT2D eigenvalue weighted by molar-refractivity contribution is 8.00. The average molecular weight is 404 g/mol. The van der Waals surface area contributed by atoms with Gasteiger partial charge in [0.2, 0.25) is 5.91 Å². The Morgan fingerprint density at radius 3 is 2.32 bits per heavy atom. The molecule has 2 atom stereocenters. The lowest BCUT2D eigenvalue weighted by molar-refractivity contribution is -0.120. The fourth-order valence-corrected chi connectivity index (χ4v) is 4.72. The smallest absolute Gasteiger partial charge is 0.255 e. The van der Waals surface area contributed by atoms with E-state index in [2.05, 4.69) is 5.32 Å². The van der Waals surface area contributed by atoms with Crippen molar-refractivity contribution in [3.05, 3.63) is 65.7 Å². The number of carbonyl (C=O) groups is 2. The molecule has 1 aliphatic rings. The Hall–Kier alpha value is -2.41. The third-order valence-corrected chi connectivity index (χ3v) is 6.26. The lowest BCUT2D eigenvalue weighted by Gasteiger charge is -2.36. The van der Waals surface area contributed by atoms with Gasteiger partial charge in [0, 0.05) is 11.3 Å². The molecule has 0 aliphatic carbocycles. The van der Waals surface area contributed by atoms with Crippen LogP contribution in [0.25, 0.3) is 0 Å². The minimum absolute atomic E-state index is 0.0749. The van der Waals surface area contributed by atoms with Crippen molar-refractivity contribution in [1.82, 2.24) is 4.90 Å². The standard InChI is InChI=1S/C21H22F2N2O2S/c1-21(2,3)20-25(19(27)13-8-10-14(22)11-9-13)17(12-28-20)18(26)24-16-7-5-4-6-15(16)23/h4-11,17,20H,12H2,1-3H3,(H,24,26). The third-order valence-electron chi connectivity index (χ3n) is 4.50. The predicted octanol–water partition coefficient (Wildman–Crippen LogP) is 4.53. The SMILES string of the molecule is CC(C)(C)C1SCC(C(=O)Nc2ccccc2F)N1C(=O)c1ccc(F)cc1. The van der Waals surface area contributed by atoms with E-state index in [1.54, 1.807) is 6.07 Å². The minimum atomic E-state index is -0.758. The van der Waals surface area contributed by atoms with Gasteiger partial charge >= 0.3 is 0 Å². The molecule has 1 N–H and O–H groups in total. The number of hydrogen-bond acceptors (Lipinski definition) is 3. The molecule has 4 nitrogen and oxygen atoms in total. The second kappa shape index (κ2) is 7.91. The highest BCUT2D eigenvalue weighted by atomic mass is 32.2. The fourth-order valence-electron chi connectivity index (χ4n) is 3.14. The van der Waals surface area contributed by atoms with Crippen LogP contribution in [-0.2, 0) is 4.79 Å². The summed E-state index contributed by atoms with van der Waals surface area (Å²) >= 11 is 1.51.